The van der Waals surface area contributed by atoms with Crippen molar-refractivity contribution in [1.29, 1.82) is 5.26 Å². The van der Waals surface area contributed by atoms with E-state index in [1.165, 1.54) is 0 Å². The van der Waals surface area contributed by atoms with E-state index in [1.807, 2.05) is 0 Å². The van der Waals surface area contributed by atoms with Crippen LogP contribution in [0.25, 0.3) is 0 Å². The summed E-state index contributed by atoms with van der Waals surface area (Å²) < 4.78 is 38.1. The van der Waals surface area contributed by atoms with Crippen molar-refractivity contribution in [2.24, 2.45) is 5.73 Å². The van der Waals surface area contributed by atoms with E-state index in [4.69, 9.17) is 11.0 Å². The molecule has 1 aromatic heterocycles. The van der Waals surface area contributed by atoms with Crippen LogP contribution in [0.2, 0.25) is 0 Å². The summed E-state index contributed by atoms with van der Waals surface area (Å²) in [5.41, 5.74) is 5.27. The number of nitriles is 1. The summed E-state index contributed by atoms with van der Waals surface area (Å²) in [7, 11) is 0. The number of benzene rings is 1. The minimum atomic E-state index is -4.58. The average molecular weight is 334 g/mol. The van der Waals surface area contributed by atoms with Crippen molar-refractivity contribution in [2.75, 3.05) is 11.9 Å². The third-order valence-corrected chi connectivity index (χ3v) is 3.22. The van der Waals surface area contributed by atoms with Gasteiger partial charge in [0.25, 0.3) is 0 Å². The molecule has 5 nitrogen and oxygen atoms in total. The van der Waals surface area contributed by atoms with Gasteiger partial charge >= 0.3 is 6.18 Å². The van der Waals surface area contributed by atoms with Gasteiger partial charge in [-0.05, 0) is 36.2 Å². The lowest BCUT2D eigenvalue weighted by Crippen LogP contribution is -2.14. The Balaban J connectivity index is 2.10. The molecule has 2 rings (SSSR count). The molecule has 0 saturated carbocycles. The number of carbonyl (C=O) groups is 1. The van der Waals surface area contributed by atoms with E-state index in [2.05, 4.69) is 10.3 Å². The molecule has 0 unspecified atom stereocenters. The Morgan fingerprint density at radius 2 is 2.04 bits per heavy atom. The first-order chi connectivity index (χ1) is 11.3. The maximum absolute atomic E-state index is 12.7. The molecule has 0 radical (unpaired) electrons. The molecule has 1 aromatic carbocycles. The lowest BCUT2D eigenvalue weighted by Gasteiger charge is -2.11. The fourth-order valence-electron chi connectivity index (χ4n) is 2.05. The molecule has 0 spiro atoms. The highest BCUT2D eigenvalue weighted by molar-refractivity contribution is 5.92. The number of alkyl halides is 3. The van der Waals surface area contributed by atoms with Gasteiger partial charge in [0.1, 0.15) is 17.6 Å². The zero-order chi connectivity index (χ0) is 17.7. The summed E-state index contributed by atoms with van der Waals surface area (Å²) >= 11 is 0. The quantitative estimate of drug-likeness (QED) is 0.879. The van der Waals surface area contributed by atoms with Crippen LogP contribution >= 0.6 is 0 Å². The van der Waals surface area contributed by atoms with Crippen molar-refractivity contribution >= 4 is 11.7 Å². The number of primary amides is 1. The number of halogens is 3. The van der Waals surface area contributed by atoms with E-state index in [1.54, 1.807) is 30.3 Å². The third kappa shape index (κ3) is 4.23. The number of carbonyl (C=O) groups excluding carboxylic acids is 1. The van der Waals surface area contributed by atoms with E-state index in [-0.39, 0.29) is 17.9 Å². The Morgan fingerprint density at radius 3 is 2.67 bits per heavy atom. The van der Waals surface area contributed by atoms with E-state index >= 15 is 0 Å². The van der Waals surface area contributed by atoms with Crippen molar-refractivity contribution < 1.29 is 18.0 Å². The van der Waals surface area contributed by atoms with Crippen LogP contribution in [-0.2, 0) is 12.6 Å². The van der Waals surface area contributed by atoms with Gasteiger partial charge in [-0.3, -0.25) is 4.79 Å². The lowest BCUT2D eigenvalue weighted by molar-refractivity contribution is -0.141. The van der Waals surface area contributed by atoms with Gasteiger partial charge in [-0.15, -0.1) is 0 Å². The molecule has 1 heterocycles. The van der Waals surface area contributed by atoms with Crippen LogP contribution in [0.4, 0.5) is 19.0 Å². The second kappa shape index (κ2) is 7.00. The highest BCUT2D eigenvalue weighted by atomic mass is 19.4. The van der Waals surface area contributed by atoms with Crippen molar-refractivity contribution in [2.45, 2.75) is 12.6 Å². The Labute approximate surface area is 135 Å². The number of aromatic nitrogens is 1. The molecule has 0 bridgehead atoms. The highest BCUT2D eigenvalue weighted by Crippen LogP contribution is 2.29. The fourth-order valence-corrected chi connectivity index (χ4v) is 2.05. The number of nitrogens with one attached hydrogen (secondary N) is 1. The first kappa shape index (κ1) is 17.3. The van der Waals surface area contributed by atoms with Gasteiger partial charge in [0.05, 0.1) is 5.56 Å². The van der Waals surface area contributed by atoms with Crippen LogP contribution in [0, 0.1) is 11.3 Å². The van der Waals surface area contributed by atoms with Crippen LogP contribution in [-0.4, -0.2) is 17.4 Å². The second-order valence-corrected chi connectivity index (χ2v) is 4.94. The van der Waals surface area contributed by atoms with Crippen molar-refractivity contribution in [3.05, 3.63) is 58.8 Å². The maximum atomic E-state index is 12.7. The smallest absolute Gasteiger partial charge is 0.369 e. The van der Waals surface area contributed by atoms with Gasteiger partial charge in [0.2, 0.25) is 5.91 Å². The number of nitrogens with zero attached hydrogens (tertiary/aromatic N) is 2. The molecule has 124 valence electrons. The number of anilines is 1. The Morgan fingerprint density at radius 1 is 1.29 bits per heavy atom. The summed E-state index contributed by atoms with van der Waals surface area (Å²) in [6.07, 6.45) is -4.16. The molecule has 0 aliphatic carbocycles. The van der Waals surface area contributed by atoms with Crippen molar-refractivity contribution in [3.8, 4) is 6.07 Å². The molecule has 8 heteroatoms. The summed E-state index contributed by atoms with van der Waals surface area (Å²) in [5.74, 6) is -0.686. The largest absolute Gasteiger partial charge is 0.433 e. The van der Waals surface area contributed by atoms with E-state index in [0.29, 0.717) is 12.0 Å². The van der Waals surface area contributed by atoms with Gasteiger partial charge in [-0.1, -0.05) is 12.1 Å². The number of nitrogens with two attached hydrogens (primary N) is 1. The Kier molecular flexibility index (Phi) is 5.04. The number of pyridine rings is 1. The topological polar surface area (TPSA) is 91.8 Å². The van der Waals surface area contributed by atoms with E-state index < -0.39 is 17.8 Å². The van der Waals surface area contributed by atoms with Crippen LogP contribution in [0.1, 0.15) is 27.2 Å². The van der Waals surface area contributed by atoms with E-state index in [0.717, 1.165) is 17.7 Å². The molecule has 2 aromatic rings. The molecule has 1 amide bonds. The average Bonchev–Trinajstić information content (AvgIpc) is 2.54. The van der Waals surface area contributed by atoms with Gasteiger partial charge in [-0.25, -0.2) is 4.98 Å². The molecule has 0 saturated heterocycles. The Hall–Kier alpha value is -3.08. The minimum absolute atomic E-state index is 0.0221. The van der Waals surface area contributed by atoms with Crippen molar-refractivity contribution in [1.82, 2.24) is 4.98 Å². The zero-order valence-electron chi connectivity index (χ0n) is 12.4. The zero-order valence-corrected chi connectivity index (χ0v) is 12.4. The predicted molar refractivity (Wildman–Crippen MR) is 81.1 cm³/mol. The molecule has 0 aliphatic rings. The predicted octanol–water partition coefficient (Wildman–Crippen LogP) is 2.73. The second-order valence-electron chi connectivity index (χ2n) is 4.94. The summed E-state index contributed by atoms with van der Waals surface area (Å²) in [4.78, 5) is 14.6. The van der Waals surface area contributed by atoms with Gasteiger partial charge in [0.15, 0.2) is 0 Å². The van der Waals surface area contributed by atoms with E-state index in [9.17, 15) is 18.0 Å². The SMILES string of the molecule is N#Cc1ccc(C(F)(F)F)nc1NCCc1cccc(C(N)=O)c1. The van der Waals surface area contributed by atoms with Crippen molar-refractivity contribution in [3.63, 3.8) is 0 Å². The monoisotopic (exact) mass is 334 g/mol. The van der Waals surface area contributed by atoms with Gasteiger partial charge < -0.3 is 11.1 Å². The summed E-state index contributed by atoms with van der Waals surface area (Å²) in [6.45, 7) is 0.241. The number of amides is 1. The lowest BCUT2D eigenvalue weighted by atomic mass is 10.1. The Bertz CT molecular complexity index is 797. The minimum Gasteiger partial charge on any atom is -0.369 e. The van der Waals surface area contributed by atoms with Crippen LogP contribution in [0.3, 0.4) is 0 Å². The normalized spacial score (nSPS) is 10.9. The third-order valence-electron chi connectivity index (χ3n) is 3.22. The molecular weight excluding hydrogens is 321 g/mol. The fraction of sp³-hybridized carbons (Fsp3) is 0.188. The molecule has 0 atom stereocenters. The molecule has 24 heavy (non-hydrogen) atoms. The summed E-state index contributed by atoms with van der Waals surface area (Å²) in [6, 6.07) is 10.2. The first-order valence-corrected chi connectivity index (χ1v) is 6.92. The first-order valence-electron chi connectivity index (χ1n) is 6.92. The molecular formula is C16H13F3N4O. The van der Waals surface area contributed by atoms with Crippen LogP contribution in [0.15, 0.2) is 36.4 Å². The molecule has 0 aliphatic heterocycles. The van der Waals surface area contributed by atoms with Gasteiger partial charge in [-0.2, -0.15) is 18.4 Å². The standard InChI is InChI=1S/C16H13F3N4O/c17-16(18,19)13-5-4-12(9-20)15(23-13)22-7-6-10-2-1-3-11(8-10)14(21)24/h1-5,8H,6-7H2,(H2,21,24)(H,22,23). The number of rotatable bonds is 5. The van der Waals surface area contributed by atoms with Crippen LogP contribution < -0.4 is 11.1 Å². The molecule has 3 N–H and O–H groups in total. The molecule has 0 fully saturated rings. The highest BCUT2D eigenvalue weighted by Gasteiger charge is 2.33. The van der Waals surface area contributed by atoms with Crippen LogP contribution in [0.5, 0.6) is 0 Å². The maximum Gasteiger partial charge on any atom is 0.433 e. The van der Waals surface area contributed by atoms with Gasteiger partial charge in [0, 0.05) is 12.1 Å². The number of hydrogen-bond donors (Lipinski definition) is 2. The number of hydrogen-bond acceptors (Lipinski definition) is 4. The summed E-state index contributed by atoms with van der Waals surface area (Å²) in [5, 5.41) is 11.7.